The Labute approximate surface area is 143 Å². The molecule has 7 heteroatoms. The lowest BCUT2D eigenvalue weighted by molar-refractivity contribution is -0.142. The molecule has 0 radical (unpaired) electrons. The molecule has 1 aliphatic carbocycles. The van der Waals surface area contributed by atoms with Crippen molar-refractivity contribution in [1.82, 2.24) is 9.97 Å². The lowest BCUT2D eigenvalue weighted by Crippen LogP contribution is -2.37. The van der Waals surface area contributed by atoms with Crippen molar-refractivity contribution >= 4 is 44.9 Å². The molecular weight excluding hydrogens is 334 g/mol. The standard InChI is InChI=1S/C16H18ClN3O2S/c17-16-18-13(20-7-5-9(6-8-20)15(21)22)12-10-3-1-2-4-11(10)23-14(12)19-16/h9H,1-8H2,(H,21,22). The number of aryl methyl sites for hydroxylation is 2. The average molecular weight is 352 g/mol. The number of hydrogen-bond acceptors (Lipinski definition) is 5. The summed E-state index contributed by atoms with van der Waals surface area (Å²) in [4.78, 5) is 24.7. The molecule has 0 unspecified atom stereocenters. The van der Waals surface area contributed by atoms with E-state index in [-0.39, 0.29) is 11.2 Å². The van der Waals surface area contributed by atoms with E-state index in [1.165, 1.54) is 23.3 Å². The van der Waals surface area contributed by atoms with Crippen LogP contribution in [-0.4, -0.2) is 34.1 Å². The van der Waals surface area contributed by atoms with E-state index < -0.39 is 5.97 Å². The molecule has 0 saturated carbocycles. The molecule has 5 nitrogen and oxygen atoms in total. The molecule has 1 saturated heterocycles. The minimum atomic E-state index is -0.691. The van der Waals surface area contributed by atoms with Crippen molar-refractivity contribution in [2.45, 2.75) is 38.5 Å². The first-order chi connectivity index (χ1) is 11.1. The monoisotopic (exact) mass is 351 g/mol. The van der Waals surface area contributed by atoms with Gasteiger partial charge in [0.25, 0.3) is 0 Å². The van der Waals surface area contributed by atoms with E-state index in [1.54, 1.807) is 11.3 Å². The summed E-state index contributed by atoms with van der Waals surface area (Å²) >= 11 is 7.89. The molecular formula is C16H18ClN3O2S. The Bertz CT molecular complexity index is 768. The van der Waals surface area contributed by atoms with Crippen LogP contribution in [0.5, 0.6) is 0 Å². The van der Waals surface area contributed by atoms with Crippen LogP contribution in [0.25, 0.3) is 10.2 Å². The van der Waals surface area contributed by atoms with Gasteiger partial charge in [-0.1, -0.05) is 0 Å². The van der Waals surface area contributed by atoms with Gasteiger partial charge in [0.1, 0.15) is 10.6 Å². The third-order valence-corrected chi connectivity index (χ3v) is 6.27. The normalized spacial score (nSPS) is 19.1. The van der Waals surface area contributed by atoms with E-state index in [0.29, 0.717) is 25.9 Å². The Kier molecular flexibility index (Phi) is 3.89. The number of carboxylic acids is 1. The fraction of sp³-hybridized carbons (Fsp3) is 0.562. The maximum absolute atomic E-state index is 11.2. The third kappa shape index (κ3) is 2.68. The lowest BCUT2D eigenvalue weighted by Gasteiger charge is -2.31. The van der Waals surface area contributed by atoms with Crippen LogP contribution in [0, 0.1) is 5.92 Å². The zero-order valence-electron chi connectivity index (χ0n) is 12.7. The number of rotatable bonds is 2. The molecule has 1 N–H and O–H groups in total. The number of carbonyl (C=O) groups is 1. The molecule has 0 spiro atoms. The second kappa shape index (κ2) is 5.91. The van der Waals surface area contributed by atoms with E-state index in [4.69, 9.17) is 11.6 Å². The minimum absolute atomic E-state index is 0.240. The molecule has 1 fully saturated rings. The first kappa shape index (κ1) is 15.1. The van der Waals surface area contributed by atoms with Crippen molar-refractivity contribution in [2.75, 3.05) is 18.0 Å². The molecule has 0 amide bonds. The molecule has 23 heavy (non-hydrogen) atoms. The van der Waals surface area contributed by atoms with Crippen LogP contribution in [0.4, 0.5) is 5.82 Å². The fourth-order valence-corrected chi connectivity index (χ4v) is 5.15. The van der Waals surface area contributed by atoms with Gasteiger partial charge in [0.05, 0.1) is 11.3 Å². The third-order valence-electron chi connectivity index (χ3n) is 4.91. The van der Waals surface area contributed by atoms with Crippen molar-refractivity contribution in [3.63, 3.8) is 0 Å². The summed E-state index contributed by atoms with van der Waals surface area (Å²) < 4.78 is 0. The van der Waals surface area contributed by atoms with Crippen molar-refractivity contribution in [1.29, 1.82) is 0 Å². The number of carboxylic acid groups (broad SMARTS) is 1. The maximum Gasteiger partial charge on any atom is 0.306 e. The summed E-state index contributed by atoms with van der Waals surface area (Å²) in [5, 5.41) is 10.6. The Morgan fingerprint density at radius 3 is 2.70 bits per heavy atom. The summed E-state index contributed by atoms with van der Waals surface area (Å²) in [7, 11) is 0. The van der Waals surface area contributed by atoms with Crippen LogP contribution in [0.2, 0.25) is 5.28 Å². The number of aromatic nitrogens is 2. The van der Waals surface area contributed by atoms with Crippen LogP contribution in [0.15, 0.2) is 0 Å². The number of aliphatic carboxylic acids is 1. The lowest BCUT2D eigenvalue weighted by atomic mass is 9.95. The first-order valence-electron chi connectivity index (χ1n) is 8.09. The molecule has 0 bridgehead atoms. The molecule has 2 aliphatic rings. The SMILES string of the molecule is O=C(O)C1CCN(c2nc(Cl)nc3sc4c(c23)CCCC4)CC1. The Hall–Kier alpha value is -1.40. The zero-order chi connectivity index (χ0) is 16.0. The highest BCUT2D eigenvalue weighted by Crippen LogP contribution is 2.40. The number of halogens is 1. The Morgan fingerprint density at radius 2 is 1.96 bits per heavy atom. The predicted octanol–water partition coefficient (Wildman–Crippen LogP) is 3.52. The van der Waals surface area contributed by atoms with E-state index in [2.05, 4.69) is 14.9 Å². The molecule has 0 atom stereocenters. The second-order valence-corrected chi connectivity index (χ2v) is 7.73. The molecule has 3 heterocycles. The highest BCUT2D eigenvalue weighted by atomic mass is 35.5. The average Bonchev–Trinajstić information content (AvgIpc) is 2.92. The summed E-state index contributed by atoms with van der Waals surface area (Å²) in [5.41, 5.74) is 1.39. The van der Waals surface area contributed by atoms with Crippen molar-refractivity contribution in [3.8, 4) is 0 Å². The number of thiophene rings is 1. The summed E-state index contributed by atoms with van der Waals surface area (Å²) in [6, 6.07) is 0. The quantitative estimate of drug-likeness (QED) is 0.838. The van der Waals surface area contributed by atoms with Crippen LogP contribution < -0.4 is 4.90 Å². The van der Waals surface area contributed by atoms with Crippen molar-refractivity contribution in [3.05, 3.63) is 15.7 Å². The van der Waals surface area contributed by atoms with Crippen LogP contribution in [-0.2, 0) is 17.6 Å². The number of anilines is 1. The smallest absolute Gasteiger partial charge is 0.306 e. The summed E-state index contributed by atoms with van der Waals surface area (Å²) in [6.45, 7) is 1.42. The van der Waals surface area contributed by atoms with E-state index >= 15 is 0 Å². The molecule has 2 aromatic rings. The molecule has 1 aliphatic heterocycles. The number of fused-ring (bicyclic) bond motifs is 3. The van der Waals surface area contributed by atoms with Gasteiger partial charge >= 0.3 is 5.97 Å². The second-order valence-electron chi connectivity index (χ2n) is 6.31. The Morgan fingerprint density at radius 1 is 1.22 bits per heavy atom. The van der Waals surface area contributed by atoms with Gasteiger partial charge in [-0.15, -0.1) is 11.3 Å². The van der Waals surface area contributed by atoms with E-state index in [9.17, 15) is 9.90 Å². The summed E-state index contributed by atoms with van der Waals surface area (Å²) in [6.07, 6.45) is 5.96. The molecule has 122 valence electrons. The van der Waals surface area contributed by atoms with E-state index in [0.717, 1.165) is 28.9 Å². The van der Waals surface area contributed by atoms with Gasteiger partial charge in [-0.2, -0.15) is 4.98 Å². The number of piperidine rings is 1. The Balaban J connectivity index is 1.74. The van der Waals surface area contributed by atoms with Crippen LogP contribution in [0.3, 0.4) is 0 Å². The maximum atomic E-state index is 11.2. The highest BCUT2D eigenvalue weighted by Gasteiger charge is 2.28. The molecule has 4 rings (SSSR count). The van der Waals surface area contributed by atoms with Gasteiger partial charge < -0.3 is 10.0 Å². The van der Waals surface area contributed by atoms with Crippen molar-refractivity contribution < 1.29 is 9.90 Å². The van der Waals surface area contributed by atoms with Gasteiger partial charge in [0.2, 0.25) is 5.28 Å². The van der Waals surface area contributed by atoms with Gasteiger partial charge in [-0.25, -0.2) is 4.98 Å². The molecule has 2 aromatic heterocycles. The van der Waals surface area contributed by atoms with Gasteiger partial charge in [-0.3, -0.25) is 4.79 Å². The predicted molar refractivity (Wildman–Crippen MR) is 91.6 cm³/mol. The number of hydrogen-bond donors (Lipinski definition) is 1. The van der Waals surface area contributed by atoms with Crippen LogP contribution in [0.1, 0.15) is 36.1 Å². The van der Waals surface area contributed by atoms with E-state index in [1.807, 2.05) is 0 Å². The topological polar surface area (TPSA) is 66.3 Å². The molecule has 0 aromatic carbocycles. The van der Waals surface area contributed by atoms with Gasteiger partial charge in [0.15, 0.2) is 0 Å². The summed E-state index contributed by atoms with van der Waals surface area (Å²) in [5.74, 6) is -0.0258. The van der Waals surface area contributed by atoms with Crippen molar-refractivity contribution in [2.24, 2.45) is 5.92 Å². The fourth-order valence-electron chi connectivity index (χ4n) is 3.68. The number of nitrogens with zero attached hydrogens (tertiary/aromatic N) is 3. The highest BCUT2D eigenvalue weighted by molar-refractivity contribution is 7.19. The van der Waals surface area contributed by atoms with Crippen LogP contribution >= 0.6 is 22.9 Å². The van der Waals surface area contributed by atoms with Gasteiger partial charge in [0, 0.05) is 18.0 Å². The van der Waals surface area contributed by atoms with Gasteiger partial charge in [-0.05, 0) is 55.7 Å². The first-order valence-corrected chi connectivity index (χ1v) is 9.28. The largest absolute Gasteiger partial charge is 0.481 e. The minimum Gasteiger partial charge on any atom is -0.481 e. The zero-order valence-corrected chi connectivity index (χ0v) is 14.3.